The predicted molar refractivity (Wildman–Crippen MR) is 83.0 cm³/mol. The molecular formula is C17H25NO2. The predicted octanol–water partition coefficient (Wildman–Crippen LogP) is 4.43. The van der Waals surface area contributed by atoms with E-state index in [2.05, 4.69) is 12.2 Å². The average molecular weight is 275 g/mol. The van der Waals surface area contributed by atoms with Crippen molar-refractivity contribution in [2.75, 3.05) is 5.32 Å². The minimum Gasteiger partial charge on any atom is -0.326 e. The van der Waals surface area contributed by atoms with Gasteiger partial charge in [-0.2, -0.15) is 0 Å². The molecule has 0 spiro atoms. The molecule has 0 aliphatic heterocycles. The van der Waals surface area contributed by atoms with E-state index >= 15 is 0 Å². The lowest BCUT2D eigenvalue weighted by atomic mass is 10.0. The number of anilines is 1. The van der Waals surface area contributed by atoms with E-state index in [0.29, 0.717) is 12.0 Å². The minimum atomic E-state index is 0.0264. The van der Waals surface area contributed by atoms with Crippen molar-refractivity contribution in [1.29, 1.82) is 0 Å². The van der Waals surface area contributed by atoms with Crippen molar-refractivity contribution in [1.82, 2.24) is 0 Å². The summed E-state index contributed by atoms with van der Waals surface area (Å²) in [5.41, 5.74) is 1.45. The molecule has 1 rings (SSSR count). The third kappa shape index (κ3) is 5.16. The molecule has 0 saturated carbocycles. The van der Waals surface area contributed by atoms with Crippen LogP contribution in [-0.4, -0.2) is 11.7 Å². The molecule has 1 aromatic rings. The first-order chi connectivity index (χ1) is 9.58. The standard InChI is InChI=1S/C17H25NO2/c1-4-6-7-8-13(3)17(20)18-15-11-9-14(10-12-15)16(19)5-2/h9-13H,4-8H2,1-3H3,(H,18,20). The van der Waals surface area contributed by atoms with Crippen LogP contribution < -0.4 is 5.32 Å². The van der Waals surface area contributed by atoms with Gasteiger partial charge in [0.05, 0.1) is 0 Å². The van der Waals surface area contributed by atoms with Crippen molar-refractivity contribution in [2.45, 2.75) is 52.9 Å². The molecule has 1 atom stereocenters. The third-order valence-corrected chi connectivity index (χ3v) is 3.48. The zero-order chi connectivity index (χ0) is 15.0. The van der Waals surface area contributed by atoms with Crippen LogP contribution >= 0.6 is 0 Å². The molecule has 0 heterocycles. The van der Waals surface area contributed by atoms with Crippen molar-refractivity contribution in [3.63, 3.8) is 0 Å². The monoisotopic (exact) mass is 275 g/mol. The third-order valence-electron chi connectivity index (χ3n) is 3.48. The molecule has 0 aliphatic rings. The van der Waals surface area contributed by atoms with E-state index in [-0.39, 0.29) is 17.6 Å². The van der Waals surface area contributed by atoms with Crippen molar-refractivity contribution in [3.8, 4) is 0 Å². The summed E-state index contributed by atoms with van der Waals surface area (Å²) in [6.07, 6.45) is 4.86. The average Bonchev–Trinajstić information content (AvgIpc) is 2.47. The number of rotatable bonds is 8. The quantitative estimate of drug-likeness (QED) is 0.563. The molecule has 20 heavy (non-hydrogen) atoms. The highest BCUT2D eigenvalue weighted by molar-refractivity contribution is 5.97. The van der Waals surface area contributed by atoms with Gasteiger partial charge in [0.2, 0.25) is 5.91 Å². The van der Waals surface area contributed by atoms with Crippen LogP contribution in [0, 0.1) is 5.92 Å². The molecule has 0 aliphatic carbocycles. The van der Waals surface area contributed by atoms with Crippen molar-refractivity contribution >= 4 is 17.4 Å². The number of nitrogens with one attached hydrogen (secondary N) is 1. The lowest BCUT2D eigenvalue weighted by Gasteiger charge is -2.12. The van der Waals surface area contributed by atoms with Gasteiger partial charge >= 0.3 is 0 Å². The van der Waals surface area contributed by atoms with E-state index in [1.165, 1.54) is 12.8 Å². The zero-order valence-electron chi connectivity index (χ0n) is 12.7. The summed E-state index contributed by atoms with van der Waals surface area (Å²) < 4.78 is 0. The molecule has 0 fully saturated rings. The Morgan fingerprint density at radius 2 is 1.75 bits per heavy atom. The number of ketones is 1. The molecule has 0 saturated heterocycles. The number of hydrogen-bond acceptors (Lipinski definition) is 2. The molecule has 3 nitrogen and oxygen atoms in total. The van der Waals surface area contributed by atoms with Crippen LogP contribution in [0.25, 0.3) is 0 Å². The van der Waals surface area contributed by atoms with E-state index < -0.39 is 0 Å². The second kappa shape index (κ2) is 8.51. The summed E-state index contributed by atoms with van der Waals surface area (Å²) in [6, 6.07) is 7.12. The normalized spacial score (nSPS) is 11.9. The molecule has 1 N–H and O–H groups in total. The summed E-state index contributed by atoms with van der Waals surface area (Å²) in [5, 5.41) is 2.90. The fourth-order valence-corrected chi connectivity index (χ4v) is 2.04. The maximum Gasteiger partial charge on any atom is 0.227 e. The number of amides is 1. The van der Waals surface area contributed by atoms with Crippen LogP contribution in [0.5, 0.6) is 0 Å². The molecule has 1 amide bonds. The molecule has 0 radical (unpaired) electrons. The van der Waals surface area contributed by atoms with E-state index in [0.717, 1.165) is 18.5 Å². The number of carbonyl (C=O) groups is 2. The van der Waals surface area contributed by atoms with E-state index in [4.69, 9.17) is 0 Å². The number of carbonyl (C=O) groups excluding carboxylic acids is 2. The fourth-order valence-electron chi connectivity index (χ4n) is 2.04. The Bertz CT molecular complexity index is 437. The van der Waals surface area contributed by atoms with Crippen molar-refractivity contribution in [2.24, 2.45) is 5.92 Å². The first-order valence-electron chi connectivity index (χ1n) is 7.52. The Morgan fingerprint density at radius 1 is 1.10 bits per heavy atom. The Hall–Kier alpha value is -1.64. The van der Waals surface area contributed by atoms with Crippen LogP contribution in [0.4, 0.5) is 5.69 Å². The van der Waals surface area contributed by atoms with Gasteiger partial charge in [-0.15, -0.1) is 0 Å². The molecule has 1 aromatic carbocycles. The molecule has 0 aromatic heterocycles. The number of benzene rings is 1. The largest absolute Gasteiger partial charge is 0.326 e. The van der Waals surface area contributed by atoms with Gasteiger partial charge in [-0.25, -0.2) is 0 Å². The maximum absolute atomic E-state index is 12.0. The van der Waals surface area contributed by atoms with Crippen LogP contribution in [-0.2, 0) is 4.79 Å². The van der Waals surface area contributed by atoms with Gasteiger partial charge in [0.25, 0.3) is 0 Å². The van der Waals surface area contributed by atoms with E-state index in [9.17, 15) is 9.59 Å². The van der Waals surface area contributed by atoms with Gasteiger partial charge < -0.3 is 5.32 Å². The maximum atomic E-state index is 12.0. The van der Waals surface area contributed by atoms with Gasteiger partial charge in [0, 0.05) is 23.6 Å². The summed E-state index contributed by atoms with van der Waals surface area (Å²) in [4.78, 5) is 23.5. The molecular weight excluding hydrogens is 250 g/mol. The van der Waals surface area contributed by atoms with E-state index in [1.54, 1.807) is 24.3 Å². The Kier molecular flexibility index (Phi) is 6.99. The molecule has 110 valence electrons. The van der Waals surface area contributed by atoms with Gasteiger partial charge in [-0.3, -0.25) is 9.59 Å². The zero-order valence-corrected chi connectivity index (χ0v) is 12.7. The number of unbranched alkanes of at least 4 members (excludes halogenated alkanes) is 2. The molecule has 0 bridgehead atoms. The SMILES string of the molecule is CCCCCC(C)C(=O)Nc1ccc(C(=O)CC)cc1. The topological polar surface area (TPSA) is 46.2 Å². The summed E-state index contributed by atoms with van der Waals surface area (Å²) in [7, 11) is 0. The van der Waals surface area contributed by atoms with Crippen LogP contribution in [0.2, 0.25) is 0 Å². The van der Waals surface area contributed by atoms with Gasteiger partial charge in [-0.05, 0) is 30.7 Å². The first kappa shape index (κ1) is 16.4. The molecule has 3 heteroatoms. The van der Waals surface area contributed by atoms with E-state index in [1.807, 2.05) is 13.8 Å². The van der Waals surface area contributed by atoms with Crippen molar-refractivity contribution < 1.29 is 9.59 Å². The van der Waals surface area contributed by atoms with Gasteiger partial charge in [0.15, 0.2) is 5.78 Å². The summed E-state index contributed by atoms with van der Waals surface area (Å²) in [5.74, 6) is 0.199. The lowest BCUT2D eigenvalue weighted by Crippen LogP contribution is -2.20. The second-order valence-electron chi connectivity index (χ2n) is 5.24. The minimum absolute atomic E-state index is 0.0264. The highest BCUT2D eigenvalue weighted by Crippen LogP contribution is 2.15. The van der Waals surface area contributed by atoms with Gasteiger partial charge in [-0.1, -0.05) is 40.0 Å². The highest BCUT2D eigenvalue weighted by atomic mass is 16.1. The number of hydrogen-bond donors (Lipinski definition) is 1. The highest BCUT2D eigenvalue weighted by Gasteiger charge is 2.12. The summed E-state index contributed by atoms with van der Waals surface area (Å²) in [6.45, 7) is 5.96. The fraction of sp³-hybridized carbons (Fsp3) is 0.529. The lowest BCUT2D eigenvalue weighted by molar-refractivity contribution is -0.119. The summed E-state index contributed by atoms with van der Waals surface area (Å²) >= 11 is 0. The first-order valence-corrected chi connectivity index (χ1v) is 7.52. The number of Topliss-reactive ketones (excluding diaryl/α,β-unsaturated/α-hetero) is 1. The van der Waals surface area contributed by atoms with Crippen LogP contribution in [0.1, 0.15) is 63.2 Å². The van der Waals surface area contributed by atoms with Crippen LogP contribution in [0.15, 0.2) is 24.3 Å². The van der Waals surface area contributed by atoms with Crippen LogP contribution in [0.3, 0.4) is 0 Å². The van der Waals surface area contributed by atoms with Gasteiger partial charge in [0.1, 0.15) is 0 Å². The molecule has 1 unspecified atom stereocenters. The smallest absolute Gasteiger partial charge is 0.227 e. The second-order valence-corrected chi connectivity index (χ2v) is 5.24. The Labute approximate surface area is 121 Å². The Balaban J connectivity index is 2.51. The van der Waals surface area contributed by atoms with Crippen molar-refractivity contribution in [3.05, 3.63) is 29.8 Å². The Morgan fingerprint density at radius 3 is 2.30 bits per heavy atom.